The van der Waals surface area contributed by atoms with Gasteiger partial charge >= 0.3 is 6.09 Å². The Balaban J connectivity index is 1.90. The van der Waals surface area contributed by atoms with E-state index in [9.17, 15) is 4.79 Å². The summed E-state index contributed by atoms with van der Waals surface area (Å²) in [5, 5.41) is 3.32. The van der Waals surface area contributed by atoms with Gasteiger partial charge in [-0.05, 0) is 33.6 Å². The molecular weight excluding hydrogens is 292 g/mol. The van der Waals surface area contributed by atoms with Crippen molar-refractivity contribution in [2.45, 2.75) is 45.3 Å². The van der Waals surface area contributed by atoms with Crippen molar-refractivity contribution in [2.75, 3.05) is 18.0 Å². The van der Waals surface area contributed by atoms with Crippen molar-refractivity contribution in [1.29, 1.82) is 0 Å². The Morgan fingerprint density at radius 2 is 2.14 bits per heavy atom. The summed E-state index contributed by atoms with van der Waals surface area (Å²) in [6.45, 7) is 6.92. The highest BCUT2D eigenvalue weighted by molar-refractivity contribution is 6.30. The molecule has 2 rings (SSSR count). The summed E-state index contributed by atoms with van der Waals surface area (Å²) in [7, 11) is 0. The van der Waals surface area contributed by atoms with Crippen LogP contribution in [0.15, 0.2) is 12.4 Å². The van der Waals surface area contributed by atoms with Gasteiger partial charge in [-0.25, -0.2) is 14.8 Å². The van der Waals surface area contributed by atoms with E-state index in [0.29, 0.717) is 17.5 Å². The number of halogens is 1. The zero-order valence-electron chi connectivity index (χ0n) is 12.6. The number of carbonyl (C=O) groups excluding carboxylic acids is 1. The molecule has 1 N–H and O–H groups in total. The first-order chi connectivity index (χ1) is 9.85. The fourth-order valence-corrected chi connectivity index (χ4v) is 2.38. The summed E-state index contributed by atoms with van der Waals surface area (Å²) < 4.78 is 5.24. The number of rotatable bonds is 3. The molecule has 0 aromatic carbocycles. The lowest BCUT2D eigenvalue weighted by molar-refractivity contribution is 0.0525. The second-order valence-electron chi connectivity index (χ2n) is 6.07. The number of amides is 1. The van der Waals surface area contributed by atoms with Crippen LogP contribution in [0.3, 0.4) is 0 Å². The van der Waals surface area contributed by atoms with E-state index in [0.717, 1.165) is 19.4 Å². The van der Waals surface area contributed by atoms with Crippen molar-refractivity contribution in [2.24, 2.45) is 0 Å². The van der Waals surface area contributed by atoms with Crippen LogP contribution in [0.2, 0.25) is 5.02 Å². The molecule has 1 atom stereocenters. The first-order valence-corrected chi connectivity index (χ1v) is 7.44. The standard InChI is InChI=1S/C14H21ClN4O2/c1-14(2,3)21-13(20)18-9-11-5-4-6-19(11)12-16-7-10(15)8-17-12/h7-8,11H,4-6,9H2,1-3H3,(H,18,20)/t11-/m1/s1. The monoisotopic (exact) mass is 312 g/mol. The van der Waals surface area contributed by atoms with E-state index >= 15 is 0 Å². The molecule has 0 unspecified atom stereocenters. The molecule has 1 amide bonds. The van der Waals surface area contributed by atoms with Crippen LogP contribution in [0.25, 0.3) is 0 Å². The molecule has 1 fully saturated rings. The molecule has 0 aliphatic carbocycles. The van der Waals surface area contributed by atoms with Gasteiger partial charge in [0.15, 0.2) is 0 Å². The molecule has 7 heteroatoms. The van der Waals surface area contributed by atoms with Crippen LogP contribution in [-0.2, 0) is 4.74 Å². The third kappa shape index (κ3) is 4.74. The third-order valence-electron chi connectivity index (χ3n) is 3.12. The maximum atomic E-state index is 11.7. The molecule has 1 aliphatic heterocycles. The van der Waals surface area contributed by atoms with Gasteiger partial charge < -0.3 is 15.0 Å². The highest BCUT2D eigenvalue weighted by Gasteiger charge is 2.27. The van der Waals surface area contributed by atoms with Gasteiger partial charge in [-0.2, -0.15) is 0 Å². The lowest BCUT2D eigenvalue weighted by Crippen LogP contribution is -2.42. The minimum Gasteiger partial charge on any atom is -0.444 e. The molecule has 116 valence electrons. The quantitative estimate of drug-likeness (QED) is 0.929. The van der Waals surface area contributed by atoms with Crippen molar-refractivity contribution in [1.82, 2.24) is 15.3 Å². The van der Waals surface area contributed by atoms with Gasteiger partial charge in [0.2, 0.25) is 5.95 Å². The molecule has 1 aliphatic rings. The van der Waals surface area contributed by atoms with Crippen molar-refractivity contribution in [3.05, 3.63) is 17.4 Å². The Bertz CT molecular complexity index is 487. The molecule has 2 heterocycles. The van der Waals surface area contributed by atoms with Crippen LogP contribution in [0.1, 0.15) is 33.6 Å². The zero-order chi connectivity index (χ0) is 15.5. The van der Waals surface area contributed by atoms with E-state index in [-0.39, 0.29) is 6.04 Å². The van der Waals surface area contributed by atoms with E-state index in [4.69, 9.17) is 16.3 Å². The average molecular weight is 313 g/mol. The fourth-order valence-electron chi connectivity index (χ4n) is 2.28. The van der Waals surface area contributed by atoms with Crippen LogP contribution < -0.4 is 10.2 Å². The third-order valence-corrected chi connectivity index (χ3v) is 3.32. The highest BCUT2D eigenvalue weighted by Crippen LogP contribution is 2.22. The van der Waals surface area contributed by atoms with Crippen LogP contribution in [0.4, 0.5) is 10.7 Å². The van der Waals surface area contributed by atoms with Gasteiger partial charge in [-0.3, -0.25) is 0 Å². The molecule has 6 nitrogen and oxygen atoms in total. The number of carbonyl (C=O) groups is 1. The first-order valence-electron chi connectivity index (χ1n) is 7.06. The average Bonchev–Trinajstić information content (AvgIpc) is 2.83. The Labute approximate surface area is 129 Å². The summed E-state index contributed by atoms with van der Waals surface area (Å²) in [6, 6.07) is 0.179. The predicted molar refractivity (Wildman–Crippen MR) is 81.6 cm³/mol. The Morgan fingerprint density at radius 1 is 1.48 bits per heavy atom. The Hall–Kier alpha value is -1.56. The van der Waals surface area contributed by atoms with E-state index < -0.39 is 11.7 Å². The number of hydrogen-bond donors (Lipinski definition) is 1. The van der Waals surface area contributed by atoms with Crippen LogP contribution >= 0.6 is 11.6 Å². The zero-order valence-corrected chi connectivity index (χ0v) is 13.4. The minimum absolute atomic E-state index is 0.179. The topological polar surface area (TPSA) is 67.3 Å². The van der Waals surface area contributed by atoms with Gasteiger partial charge in [0.25, 0.3) is 0 Å². The largest absolute Gasteiger partial charge is 0.444 e. The van der Waals surface area contributed by atoms with E-state index in [1.165, 1.54) is 0 Å². The van der Waals surface area contributed by atoms with Crippen LogP contribution in [-0.4, -0.2) is 40.8 Å². The molecule has 21 heavy (non-hydrogen) atoms. The number of ether oxygens (including phenoxy) is 1. The van der Waals surface area contributed by atoms with Crippen molar-refractivity contribution >= 4 is 23.6 Å². The SMILES string of the molecule is CC(C)(C)OC(=O)NC[C@H]1CCCN1c1ncc(Cl)cn1. The van der Waals surface area contributed by atoms with Gasteiger partial charge in [-0.15, -0.1) is 0 Å². The summed E-state index contributed by atoms with van der Waals surface area (Å²) >= 11 is 5.80. The van der Waals surface area contributed by atoms with Gasteiger partial charge in [-0.1, -0.05) is 11.6 Å². The minimum atomic E-state index is -0.487. The first kappa shape index (κ1) is 15.8. The normalized spacial score (nSPS) is 18.7. The lowest BCUT2D eigenvalue weighted by atomic mass is 10.2. The van der Waals surface area contributed by atoms with E-state index in [2.05, 4.69) is 20.2 Å². The second kappa shape index (κ2) is 6.47. The summed E-state index contributed by atoms with van der Waals surface area (Å²) in [6.07, 6.45) is 4.81. The van der Waals surface area contributed by atoms with Crippen molar-refractivity contribution in [3.63, 3.8) is 0 Å². The number of nitrogens with one attached hydrogen (secondary N) is 1. The van der Waals surface area contributed by atoms with Gasteiger partial charge in [0.05, 0.1) is 17.4 Å². The predicted octanol–water partition coefficient (Wildman–Crippen LogP) is 2.62. The maximum Gasteiger partial charge on any atom is 0.407 e. The fraction of sp³-hybridized carbons (Fsp3) is 0.643. The molecule has 0 spiro atoms. The number of alkyl carbamates (subject to hydrolysis) is 1. The summed E-state index contributed by atoms with van der Waals surface area (Å²) in [4.78, 5) is 22.3. The highest BCUT2D eigenvalue weighted by atomic mass is 35.5. The summed E-state index contributed by atoms with van der Waals surface area (Å²) in [5.41, 5.74) is -0.487. The Kier molecular flexibility index (Phi) is 4.88. The van der Waals surface area contributed by atoms with Crippen molar-refractivity contribution < 1.29 is 9.53 Å². The van der Waals surface area contributed by atoms with Gasteiger partial charge in [0, 0.05) is 19.1 Å². The second-order valence-corrected chi connectivity index (χ2v) is 6.51. The number of anilines is 1. The molecule has 0 saturated carbocycles. The van der Waals surface area contributed by atoms with Crippen LogP contribution in [0, 0.1) is 0 Å². The number of nitrogens with zero attached hydrogens (tertiary/aromatic N) is 3. The van der Waals surface area contributed by atoms with E-state index in [1.807, 2.05) is 20.8 Å². The molecule has 0 radical (unpaired) electrons. The smallest absolute Gasteiger partial charge is 0.407 e. The van der Waals surface area contributed by atoms with Gasteiger partial charge in [0.1, 0.15) is 5.60 Å². The number of aromatic nitrogens is 2. The van der Waals surface area contributed by atoms with Crippen LogP contribution in [0.5, 0.6) is 0 Å². The number of hydrogen-bond acceptors (Lipinski definition) is 5. The Morgan fingerprint density at radius 3 is 2.76 bits per heavy atom. The maximum absolute atomic E-state index is 11.7. The lowest BCUT2D eigenvalue weighted by Gasteiger charge is -2.26. The molecular formula is C14H21ClN4O2. The molecule has 0 bridgehead atoms. The molecule has 1 aromatic heterocycles. The summed E-state index contributed by atoms with van der Waals surface area (Å²) in [5.74, 6) is 0.646. The van der Waals surface area contributed by atoms with E-state index in [1.54, 1.807) is 12.4 Å². The molecule has 1 aromatic rings. The molecule has 1 saturated heterocycles. The van der Waals surface area contributed by atoms with Crippen molar-refractivity contribution in [3.8, 4) is 0 Å².